The van der Waals surface area contributed by atoms with Gasteiger partial charge in [0.05, 0.1) is 5.69 Å². The number of hydrogen-bond donors (Lipinski definition) is 1. The van der Waals surface area contributed by atoms with E-state index < -0.39 is 0 Å². The van der Waals surface area contributed by atoms with Gasteiger partial charge < -0.3 is 9.73 Å². The summed E-state index contributed by atoms with van der Waals surface area (Å²) in [5, 5.41) is 16.1. The van der Waals surface area contributed by atoms with Gasteiger partial charge in [-0.3, -0.25) is 0 Å². The molecule has 0 unspecified atom stereocenters. The molecule has 0 aliphatic heterocycles. The lowest BCUT2D eigenvalue weighted by Gasteiger charge is -2.03. The second-order valence-corrected chi connectivity index (χ2v) is 7.52. The number of allylic oxidation sites excluding steroid dienone is 1. The molecule has 0 spiro atoms. The van der Waals surface area contributed by atoms with Crippen LogP contribution in [0.15, 0.2) is 69.3 Å². The SMILES string of the molecule is Cc1ccc(-c2csc(/C(C#N)=C/Nc3ccc4oc(=O)ccc4c3)n2)cc1C. The maximum atomic E-state index is 11.3. The summed E-state index contributed by atoms with van der Waals surface area (Å²) in [5.41, 5.74) is 5.71. The zero-order chi connectivity index (χ0) is 20.4. The van der Waals surface area contributed by atoms with E-state index >= 15 is 0 Å². The molecule has 1 N–H and O–H groups in total. The minimum atomic E-state index is -0.381. The van der Waals surface area contributed by atoms with Crippen LogP contribution in [0.3, 0.4) is 0 Å². The van der Waals surface area contributed by atoms with Crippen LogP contribution in [0.25, 0.3) is 27.8 Å². The zero-order valence-corrected chi connectivity index (χ0v) is 16.7. The average Bonchev–Trinajstić information content (AvgIpc) is 3.20. The monoisotopic (exact) mass is 399 g/mol. The Morgan fingerprint density at radius 1 is 1.14 bits per heavy atom. The Hall–Kier alpha value is -3.69. The van der Waals surface area contributed by atoms with E-state index in [2.05, 4.69) is 42.4 Å². The molecule has 6 heteroatoms. The molecule has 29 heavy (non-hydrogen) atoms. The summed E-state index contributed by atoms with van der Waals surface area (Å²) >= 11 is 1.43. The molecule has 0 amide bonds. The topological polar surface area (TPSA) is 78.9 Å². The third-order valence-corrected chi connectivity index (χ3v) is 5.54. The Labute approximate surface area is 171 Å². The minimum absolute atomic E-state index is 0.381. The van der Waals surface area contributed by atoms with Crippen molar-refractivity contribution in [3.05, 3.63) is 86.7 Å². The summed E-state index contributed by atoms with van der Waals surface area (Å²) in [4.78, 5) is 15.9. The van der Waals surface area contributed by atoms with E-state index in [-0.39, 0.29) is 5.63 Å². The van der Waals surface area contributed by atoms with E-state index in [0.717, 1.165) is 22.3 Å². The number of hydrogen-bond acceptors (Lipinski definition) is 6. The van der Waals surface area contributed by atoms with Gasteiger partial charge >= 0.3 is 5.63 Å². The second kappa shape index (κ2) is 7.74. The highest BCUT2D eigenvalue weighted by Crippen LogP contribution is 2.27. The number of benzene rings is 2. The van der Waals surface area contributed by atoms with Gasteiger partial charge in [0, 0.05) is 34.3 Å². The van der Waals surface area contributed by atoms with Crippen molar-refractivity contribution in [2.75, 3.05) is 5.32 Å². The smallest absolute Gasteiger partial charge is 0.336 e. The lowest BCUT2D eigenvalue weighted by atomic mass is 10.1. The Balaban J connectivity index is 1.59. The highest BCUT2D eigenvalue weighted by atomic mass is 32.1. The number of thiazole rings is 1. The fourth-order valence-corrected chi connectivity index (χ4v) is 3.68. The third kappa shape index (κ3) is 3.96. The van der Waals surface area contributed by atoms with Crippen LogP contribution in [0.2, 0.25) is 0 Å². The number of aryl methyl sites for hydroxylation is 2. The van der Waals surface area contributed by atoms with E-state index in [4.69, 9.17) is 4.42 Å². The van der Waals surface area contributed by atoms with Gasteiger partial charge in [0.15, 0.2) is 0 Å². The molecular formula is C23H17N3O2S. The molecule has 0 bridgehead atoms. The molecule has 142 valence electrons. The normalized spacial score (nSPS) is 11.4. The molecule has 0 fully saturated rings. The van der Waals surface area contributed by atoms with Crippen molar-refractivity contribution in [1.82, 2.24) is 4.98 Å². The van der Waals surface area contributed by atoms with Gasteiger partial charge in [0.2, 0.25) is 0 Å². The number of anilines is 1. The van der Waals surface area contributed by atoms with Gasteiger partial charge in [-0.2, -0.15) is 5.26 Å². The lowest BCUT2D eigenvalue weighted by Crippen LogP contribution is -1.95. The summed E-state index contributed by atoms with van der Waals surface area (Å²) in [6.07, 6.45) is 1.64. The van der Waals surface area contributed by atoms with E-state index in [0.29, 0.717) is 16.2 Å². The predicted octanol–water partition coefficient (Wildman–Crippen LogP) is 5.51. The van der Waals surface area contributed by atoms with E-state index in [1.165, 1.54) is 28.5 Å². The average molecular weight is 399 g/mol. The minimum Gasteiger partial charge on any atom is -0.423 e. The number of aromatic nitrogens is 1. The molecule has 5 nitrogen and oxygen atoms in total. The van der Waals surface area contributed by atoms with Crippen LogP contribution in [-0.4, -0.2) is 4.98 Å². The fraction of sp³-hybridized carbons (Fsp3) is 0.0870. The summed E-state index contributed by atoms with van der Waals surface area (Å²) in [5.74, 6) is 0. The highest BCUT2D eigenvalue weighted by molar-refractivity contribution is 7.11. The largest absolute Gasteiger partial charge is 0.423 e. The molecule has 0 radical (unpaired) electrons. The van der Waals surface area contributed by atoms with Crippen molar-refractivity contribution in [2.45, 2.75) is 13.8 Å². The van der Waals surface area contributed by atoms with Gasteiger partial charge in [-0.1, -0.05) is 12.1 Å². The van der Waals surface area contributed by atoms with Crippen LogP contribution in [0.1, 0.15) is 16.1 Å². The third-order valence-electron chi connectivity index (χ3n) is 4.66. The first-order valence-corrected chi connectivity index (χ1v) is 9.86. The molecule has 4 rings (SSSR count). The van der Waals surface area contributed by atoms with Crippen molar-refractivity contribution in [3.8, 4) is 17.3 Å². The molecule has 0 saturated heterocycles. The molecule has 2 aromatic carbocycles. The van der Waals surface area contributed by atoms with Crippen molar-refractivity contribution in [2.24, 2.45) is 0 Å². The molecule has 0 aliphatic carbocycles. The van der Waals surface area contributed by atoms with Crippen LogP contribution in [-0.2, 0) is 0 Å². The quantitative estimate of drug-likeness (QED) is 0.362. The number of nitrogens with one attached hydrogen (secondary N) is 1. The Morgan fingerprint density at radius 3 is 2.79 bits per heavy atom. The van der Waals surface area contributed by atoms with E-state index in [1.807, 2.05) is 17.5 Å². The molecule has 2 heterocycles. The van der Waals surface area contributed by atoms with Crippen molar-refractivity contribution >= 4 is 33.6 Å². The molecular weight excluding hydrogens is 382 g/mol. The Bertz CT molecular complexity index is 1340. The first kappa shape index (κ1) is 18.7. The number of fused-ring (bicyclic) bond motifs is 1. The van der Waals surface area contributed by atoms with Gasteiger partial charge in [0.25, 0.3) is 0 Å². The van der Waals surface area contributed by atoms with Crippen LogP contribution in [0.4, 0.5) is 5.69 Å². The number of nitriles is 1. The van der Waals surface area contributed by atoms with Crippen LogP contribution in [0, 0.1) is 25.2 Å². The molecule has 0 aliphatic rings. The Morgan fingerprint density at radius 2 is 2.00 bits per heavy atom. The van der Waals surface area contributed by atoms with Crippen molar-refractivity contribution in [3.63, 3.8) is 0 Å². The lowest BCUT2D eigenvalue weighted by molar-refractivity contribution is 0.561. The van der Waals surface area contributed by atoms with Crippen LogP contribution < -0.4 is 10.9 Å². The van der Waals surface area contributed by atoms with Crippen LogP contribution >= 0.6 is 11.3 Å². The fourth-order valence-electron chi connectivity index (χ4n) is 2.89. The highest BCUT2D eigenvalue weighted by Gasteiger charge is 2.10. The first-order valence-electron chi connectivity index (χ1n) is 8.98. The molecule has 2 aromatic heterocycles. The summed E-state index contributed by atoms with van der Waals surface area (Å²) in [7, 11) is 0. The van der Waals surface area contributed by atoms with Gasteiger partial charge in [-0.15, -0.1) is 11.3 Å². The second-order valence-electron chi connectivity index (χ2n) is 6.66. The van der Waals surface area contributed by atoms with Gasteiger partial charge in [-0.05, 0) is 55.3 Å². The van der Waals surface area contributed by atoms with E-state index in [9.17, 15) is 10.1 Å². The maximum Gasteiger partial charge on any atom is 0.336 e. The van der Waals surface area contributed by atoms with E-state index in [1.54, 1.807) is 24.4 Å². The summed E-state index contributed by atoms with van der Waals surface area (Å²) in [6.45, 7) is 4.15. The molecule has 0 atom stereocenters. The first-order chi connectivity index (χ1) is 14.0. The number of nitrogens with zero attached hydrogens (tertiary/aromatic N) is 2. The van der Waals surface area contributed by atoms with Crippen molar-refractivity contribution in [1.29, 1.82) is 5.26 Å². The molecule has 0 saturated carbocycles. The van der Waals surface area contributed by atoms with Crippen molar-refractivity contribution < 1.29 is 4.42 Å². The van der Waals surface area contributed by atoms with Gasteiger partial charge in [0.1, 0.15) is 22.2 Å². The number of rotatable bonds is 4. The van der Waals surface area contributed by atoms with Gasteiger partial charge in [-0.25, -0.2) is 9.78 Å². The zero-order valence-electron chi connectivity index (χ0n) is 15.9. The maximum absolute atomic E-state index is 11.3. The standard InChI is InChI=1S/C23H17N3O2S/c1-14-3-4-16(9-15(14)2)20-13-29-23(26-20)18(11-24)12-25-19-6-7-21-17(10-19)5-8-22(27)28-21/h3-10,12-13,25H,1-2H3/b18-12+. The Kier molecular flexibility index (Phi) is 4.98. The summed E-state index contributed by atoms with van der Waals surface area (Å²) < 4.78 is 5.13. The molecule has 4 aromatic rings. The summed E-state index contributed by atoms with van der Waals surface area (Å²) in [6, 6.07) is 16.9. The van der Waals surface area contributed by atoms with Crippen LogP contribution in [0.5, 0.6) is 0 Å². The predicted molar refractivity (Wildman–Crippen MR) is 117 cm³/mol.